The first-order valence-electron chi connectivity index (χ1n) is 6.60. The van der Waals surface area contributed by atoms with Crippen molar-refractivity contribution in [1.29, 1.82) is 0 Å². The van der Waals surface area contributed by atoms with Gasteiger partial charge in [-0.05, 0) is 54.5 Å². The zero-order chi connectivity index (χ0) is 13.2. The molecular formula is C13H21BrClN3. The molecule has 0 saturated heterocycles. The Morgan fingerprint density at radius 2 is 2.22 bits per heavy atom. The molecule has 0 aromatic carbocycles. The molecule has 1 heterocycles. The molecular weight excluding hydrogens is 314 g/mol. The van der Waals surface area contributed by atoms with Crippen LogP contribution in [-0.2, 0) is 13.1 Å². The summed E-state index contributed by atoms with van der Waals surface area (Å²) in [5, 5.41) is 8.07. The maximum Gasteiger partial charge on any atom is 0.0739 e. The number of alkyl halides is 1. The maximum absolute atomic E-state index is 5.85. The van der Waals surface area contributed by atoms with Gasteiger partial charge in [-0.3, -0.25) is 4.68 Å². The third-order valence-electron chi connectivity index (χ3n) is 3.83. The molecule has 0 bridgehead atoms. The summed E-state index contributed by atoms with van der Waals surface area (Å²) in [7, 11) is 0. The van der Waals surface area contributed by atoms with E-state index in [-0.39, 0.29) is 0 Å². The lowest BCUT2D eigenvalue weighted by Gasteiger charge is -2.15. The van der Waals surface area contributed by atoms with Crippen molar-refractivity contribution in [1.82, 2.24) is 15.1 Å². The minimum absolute atomic E-state index is 0.486. The second-order valence-corrected chi connectivity index (χ2v) is 6.38. The van der Waals surface area contributed by atoms with Crippen LogP contribution in [0.2, 0.25) is 0 Å². The van der Waals surface area contributed by atoms with Gasteiger partial charge < -0.3 is 5.32 Å². The number of rotatable bonds is 7. The first-order valence-corrected chi connectivity index (χ1v) is 7.93. The molecule has 102 valence electrons. The molecule has 1 fully saturated rings. The van der Waals surface area contributed by atoms with Gasteiger partial charge in [0.05, 0.1) is 15.9 Å². The predicted molar refractivity (Wildman–Crippen MR) is 79.0 cm³/mol. The highest BCUT2D eigenvalue weighted by Gasteiger charge is 2.41. The van der Waals surface area contributed by atoms with Crippen LogP contribution in [0, 0.1) is 12.3 Å². The van der Waals surface area contributed by atoms with Crippen LogP contribution in [0.4, 0.5) is 0 Å². The number of hydrogen-bond donors (Lipinski definition) is 1. The first-order chi connectivity index (χ1) is 8.62. The number of hydrogen-bond acceptors (Lipinski definition) is 2. The minimum atomic E-state index is 0.486. The fraction of sp³-hybridized carbons (Fsp3) is 0.769. The average Bonchev–Trinajstić information content (AvgIpc) is 3.06. The largest absolute Gasteiger partial charge is 0.311 e. The molecule has 1 aromatic heterocycles. The van der Waals surface area contributed by atoms with E-state index in [9.17, 15) is 0 Å². The fourth-order valence-corrected chi connectivity index (χ4v) is 3.20. The molecule has 1 saturated carbocycles. The van der Waals surface area contributed by atoms with Gasteiger partial charge in [-0.25, -0.2) is 0 Å². The quantitative estimate of drug-likeness (QED) is 0.774. The van der Waals surface area contributed by atoms with Gasteiger partial charge in [0.25, 0.3) is 0 Å². The highest BCUT2D eigenvalue weighted by atomic mass is 79.9. The van der Waals surface area contributed by atoms with E-state index >= 15 is 0 Å². The number of nitrogens with one attached hydrogen (secondary N) is 1. The Morgan fingerprint density at radius 3 is 2.78 bits per heavy atom. The topological polar surface area (TPSA) is 29.9 Å². The second kappa shape index (κ2) is 5.93. The van der Waals surface area contributed by atoms with Crippen molar-refractivity contribution in [2.75, 3.05) is 12.4 Å². The molecule has 0 aliphatic heterocycles. The van der Waals surface area contributed by atoms with E-state index in [0.717, 1.165) is 42.1 Å². The van der Waals surface area contributed by atoms with Crippen LogP contribution in [-0.4, -0.2) is 22.2 Å². The van der Waals surface area contributed by atoms with E-state index in [4.69, 9.17) is 11.6 Å². The van der Waals surface area contributed by atoms with Gasteiger partial charge in [-0.15, -0.1) is 11.6 Å². The number of halogens is 2. The summed E-state index contributed by atoms with van der Waals surface area (Å²) in [4.78, 5) is 0. The molecule has 18 heavy (non-hydrogen) atoms. The average molecular weight is 335 g/mol. The van der Waals surface area contributed by atoms with Gasteiger partial charge in [0.15, 0.2) is 0 Å². The Hall–Kier alpha value is -0.0600. The summed E-state index contributed by atoms with van der Waals surface area (Å²) in [6.07, 6.45) is 3.77. The summed E-state index contributed by atoms with van der Waals surface area (Å²) in [6, 6.07) is 0. The van der Waals surface area contributed by atoms with Gasteiger partial charge in [0.1, 0.15) is 0 Å². The Balaban J connectivity index is 1.90. The molecule has 3 nitrogen and oxygen atoms in total. The van der Waals surface area contributed by atoms with Gasteiger partial charge in [0.2, 0.25) is 0 Å². The van der Waals surface area contributed by atoms with Crippen molar-refractivity contribution in [3.8, 4) is 0 Å². The lowest BCUT2D eigenvalue weighted by molar-refractivity contribution is 0.438. The van der Waals surface area contributed by atoms with Gasteiger partial charge >= 0.3 is 0 Å². The van der Waals surface area contributed by atoms with Crippen LogP contribution in [0.15, 0.2) is 4.47 Å². The molecule has 1 N–H and O–H groups in total. The van der Waals surface area contributed by atoms with Crippen LogP contribution in [0.1, 0.15) is 37.6 Å². The van der Waals surface area contributed by atoms with Gasteiger partial charge in [-0.2, -0.15) is 5.10 Å². The van der Waals surface area contributed by atoms with Crippen molar-refractivity contribution in [2.45, 2.75) is 46.2 Å². The van der Waals surface area contributed by atoms with Crippen molar-refractivity contribution in [2.24, 2.45) is 5.41 Å². The van der Waals surface area contributed by atoms with Gasteiger partial charge in [0, 0.05) is 25.5 Å². The van der Waals surface area contributed by atoms with Crippen LogP contribution in [0.5, 0.6) is 0 Å². The van der Waals surface area contributed by atoms with E-state index in [1.54, 1.807) is 0 Å². The molecule has 0 atom stereocenters. The van der Waals surface area contributed by atoms with Gasteiger partial charge in [-0.1, -0.05) is 0 Å². The summed E-state index contributed by atoms with van der Waals surface area (Å²) < 4.78 is 3.20. The standard InChI is InChI=1S/C13H21BrClN3/c1-3-18-11(12(14)10(2)17-18)8-16-9-13(4-5-13)6-7-15/h16H,3-9H2,1-2H3. The Morgan fingerprint density at radius 1 is 1.50 bits per heavy atom. The van der Waals surface area contributed by atoms with Crippen LogP contribution in [0.25, 0.3) is 0 Å². The maximum atomic E-state index is 5.85. The lowest BCUT2D eigenvalue weighted by Crippen LogP contribution is -2.25. The molecule has 1 aromatic rings. The molecule has 5 heteroatoms. The van der Waals surface area contributed by atoms with E-state index in [1.807, 2.05) is 6.92 Å². The first kappa shape index (κ1) is 14.4. The predicted octanol–water partition coefficient (Wildman–Crippen LogP) is 3.47. The minimum Gasteiger partial charge on any atom is -0.311 e. The zero-order valence-corrected chi connectivity index (χ0v) is 13.4. The van der Waals surface area contributed by atoms with E-state index < -0.39 is 0 Å². The van der Waals surface area contributed by atoms with Crippen molar-refractivity contribution in [3.63, 3.8) is 0 Å². The Bertz CT molecular complexity index is 413. The van der Waals surface area contributed by atoms with Crippen LogP contribution < -0.4 is 5.32 Å². The number of aromatic nitrogens is 2. The number of nitrogens with zero attached hydrogens (tertiary/aromatic N) is 2. The molecule has 0 amide bonds. The third kappa shape index (κ3) is 3.09. The van der Waals surface area contributed by atoms with Crippen molar-refractivity contribution >= 4 is 27.5 Å². The summed E-state index contributed by atoms with van der Waals surface area (Å²) in [6.45, 7) is 7.02. The van der Waals surface area contributed by atoms with Crippen LogP contribution >= 0.6 is 27.5 Å². The molecule has 0 radical (unpaired) electrons. The lowest BCUT2D eigenvalue weighted by atomic mass is 10.0. The van der Waals surface area contributed by atoms with Crippen molar-refractivity contribution < 1.29 is 0 Å². The molecule has 1 aliphatic rings. The smallest absolute Gasteiger partial charge is 0.0739 e. The molecule has 0 spiro atoms. The van der Waals surface area contributed by atoms with E-state index in [0.29, 0.717) is 5.41 Å². The SMILES string of the molecule is CCn1nc(C)c(Br)c1CNCC1(CCCl)CC1. The zero-order valence-electron chi connectivity index (χ0n) is 11.1. The van der Waals surface area contributed by atoms with Crippen LogP contribution in [0.3, 0.4) is 0 Å². The summed E-state index contributed by atoms with van der Waals surface area (Å²) in [5.74, 6) is 0.775. The summed E-state index contributed by atoms with van der Waals surface area (Å²) in [5.41, 5.74) is 2.80. The Kier molecular flexibility index (Phi) is 4.73. The fourth-order valence-electron chi connectivity index (χ4n) is 2.38. The van der Waals surface area contributed by atoms with E-state index in [1.165, 1.54) is 18.5 Å². The summed E-state index contributed by atoms with van der Waals surface area (Å²) >= 11 is 9.47. The Labute approximate surface area is 122 Å². The molecule has 2 rings (SSSR count). The molecule has 1 aliphatic carbocycles. The van der Waals surface area contributed by atoms with Crippen molar-refractivity contribution in [3.05, 3.63) is 15.9 Å². The highest BCUT2D eigenvalue weighted by Crippen LogP contribution is 2.48. The van der Waals surface area contributed by atoms with E-state index in [2.05, 4.69) is 38.0 Å². The second-order valence-electron chi connectivity index (χ2n) is 5.20. The third-order valence-corrected chi connectivity index (χ3v) is 5.05. The monoisotopic (exact) mass is 333 g/mol. The molecule has 0 unspecified atom stereocenters. The highest BCUT2D eigenvalue weighted by molar-refractivity contribution is 9.10. The normalized spacial score (nSPS) is 17.1. The number of aryl methyl sites for hydroxylation is 2.